The fourth-order valence-electron chi connectivity index (χ4n) is 2.27. The van der Waals surface area contributed by atoms with Crippen molar-refractivity contribution in [3.8, 4) is 0 Å². The molecule has 0 fully saturated rings. The van der Waals surface area contributed by atoms with E-state index in [0.29, 0.717) is 16.7 Å². The molecule has 4 heteroatoms. The van der Waals surface area contributed by atoms with E-state index in [1.54, 1.807) is 6.07 Å². The van der Waals surface area contributed by atoms with Crippen LogP contribution in [0.25, 0.3) is 10.9 Å². The molecule has 0 unspecified atom stereocenters. The lowest BCUT2D eigenvalue weighted by atomic mass is 10.1. The molecule has 0 radical (unpaired) electrons. The standard InChI is InChI=1S/C17H16FN3/c1-12-5-7-13(8-6-12)9-10-19-17-14-3-2-4-15(18)16(14)20-11-21-17/h2-8,11H,9-10H2,1H3,(H,19,20,21). The second-order valence-electron chi connectivity index (χ2n) is 5.02. The van der Waals surface area contributed by atoms with E-state index in [1.807, 2.05) is 6.07 Å². The molecular weight excluding hydrogens is 265 g/mol. The van der Waals surface area contributed by atoms with Crippen molar-refractivity contribution in [3.05, 3.63) is 65.7 Å². The van der Waals surface area contributed by atoms with Crippen LogP contribution in [-0.4, -0.2) is 16.5 Å². The molecule has 0 aliphatic carbocycles. The highest BCUT2D eigenvalue weighted by molar-refractivity contribution is 5.89. The molecule has 0 atom stereocenters. The molecule has 3 rings (SSSR count). The van der Waals surface area contributed by atoms with E-state index in [0.717, 1.165) is 13.0 Å². The number of nitrogens with zero attached hydrogens (tertiary/aromatic N) is 2. The molecule has 106 valence electrons. The first-order valence-corrected chi connectivity index (χ1v) is 6.93. The first kappa shape index (κ1) is 13.5. The number of anilines is 1. The Labute approximate surface area is 122 Å². The van der Waals surface area contributed by atoms with Crippen molar-refractivity contribution < 1.29 is 4.39 Å². The average Bonchev–Trinajstić information content (AvgIpc) is 2.50. The van der Waals surface area contributed by atoms with Gasteiger partial charge >= 0.3 is 0 Å². The molecule has 0 spiro atoms. The molecule has 21 heavy (non-hydrogen) atoms. The topological polar surface area (TPSA) is 37.8 Å². The molecular formula is C17H16FN3. The molecule has 0 amide bonds. The monoisotopic (exact) mass is 281 g/mol. The highest BCUT2D eigenvalue weighted by atomic mass is 19.1. The number of aryl methyl sites for hydroxylation is 1. The Morgan fingerprint density at radius 2 is 1.86 bits per heavy atom. The summed E-state index contributed by atoms with van der Waals surface area (Å²) < 4.78 is 13.7. The summed E-state index contributed by atoms with van der Waals surface area (Å²) in [4.78, 5) is 8.20. The lowest BCUT2D eigenvalue weighted by molar-refractivity contribution is 0.636. The van der Waals surface area contributed by atoms with Gasteiger partial charge in [0.05, 0.1) is 0 Å². The largest absolute Gasteiger partial charge is 0.369 e. The summed E-state index contributed by atoms with van der Waals surface area (Å²) in [6.45, 7) is 2.81. The summed E-state index contributed by atoms with van der Waals surface area (Å²) >= 11 is 0. The Bertz CT molecular complexity index is 754. The fourth-order valence-corrected chi connectivity index (χ4v) is 2.27. The quantitative estimate of drug-likeness (QED) is 0.791. The molecule has 0 aliphatic heterocycles. The van der Waals surface area contributed by atoms with E-state index >= 15 is 0 Å². The lowest BCUT2D eigenvalue weighted by Crippen LogP contribution is -2.07. The summed E-state index contributed by atoms with van der Waals surface area (Å²) in [7, 11) is 0. The van der Waals surface area contributed by atoms with Gasteiger partial charge in [-0.1, -0.05) is 35.9 Å². The molecule has 1 N–H and O–H groups in total. The predicted octanol–water partition coefficient (Wildman–Crippen LogP) is 3.73. The first-order valence-electron chi connectivity index (χ1n) is 6.93. The van der Waals surface area contributed by atoms with Crippen LogP contribution in [0.15, 0.2) is 48.8 Å². The number of hydrogen-bond acceptors (Lipinski definition) is 3. The van der Waals surface area contributed by atoms with Crippen LogP contribution >= 0.6 is 0 Å². The zero-order valence-electron chi connectivity index (χ0n) is 11.8. The molecule has 3 nitrogen and oxygen atoms in total. The third kappa shape index (κ3) is 2.99. The summed E-state index contributed by atoms with van der Waals surface area (Å²) in [5.41, 5.74) is 2.87. The zero-order chi connectivity index (χ0) is 14.7. The maximum Gasteiger partial charge on any atom is 0.149 e. The molecule has 0 bridgehead atoms. The highest BCUT2D eigenvalue weighted by Crippen LogP contribution is 2.21. The van der Waals surface area contributed by atoms with Crippen LogP contribution in [0, 0.1) is 12.7 Å². The van der Waals surface area contributed by atoms with Crippen molar-refractivity contribution in [2.75, 3.05) is 11.9 Å². The Hall–Kier alpha value is -2.49. The molecule has 1 heterocycles. The summed E-state index contributed by atoms with van der Waals surface area (Å²) in [6, 6.07) is 13.4. The van der Waals surface area contributed by atoms with Gasteiger partial charge in [0.25, 0.3) is 0 Å². The van der Waals surface area contributed by atoms with Gasteiger partial charge in [-0.2, -0.15) is 0 Å². The van der Waals surface area contributed by atoms with Crippen LogP contribution < -0.4 is 5.32 Å². The van der Waals surface area contributed by atoms with Crippen LogP contribution in [0.1, 0.15) is 11.1 Å². The lowest BCUT2D eigenvalue weighted by Gasteiger charge is -2.08. The molecule has 0 aliphatic rings. The normalized spacial score (nSPS) is 10.8. The van der Waals surface area contributed by atoms with E-state index in [-0.39, 0.29) is 5.82 Å². The van der Waals surface area contributed by atoms with Gasteiger partial charge in [0.2, 0.25) is 0 Å². The van der Waals surface area contributed by atoms with E-state index < -0.39 is 0 Å². The molecule has 2 aromatic carbocycles. The van der Waals surface area contributed by atoms with Crippen LogP contribution in [0.4, 0.5) is 10.2 Å². The van der Waals surface area contributed by atoms with E-state index in [1.165, 1.54) is 23.5 Å². The minimum absolute atomic E-state index is 0.323. The van der Waals surface area contributed by atoms with E-state index in [9.17, 15) is 4.39 Å². The summed E-state index contributed by atoms with van der Waals surface area (Å²) in [5.74, 6) is 0.350. The van der Waals surface area contributed by atoms with Crippen LogP contribution in [0.3, 0.4) is 0 Å². The van der Waals surface area contributed by atoms with Crippen molar-refractivity contribution in [1.82, 2.24) is 9.97 Å². The maximum atomic E-state index is 13.7. The van der Waals surface area contributed by atoms with Gasteiger partial charge in [-0.25, -0.2) is 14.4 Å². The van der Waals surface area contributed by atoms with Gasteiger partial charge in [-0.05, 0) is 31.0 Å². The minimum atomic E-state index is -0.323. The molecule has 0 saturated heterocycles. The number of fused-ring (bicyclic) bond motifs is 1. The molecule has 0 saturated carbocycles. The molecule has 1 aromatic heterocycles. The maximum absolute atomic E-state index is 13.7. The Morgan fingerprint density at radius 1 is 1.05 bits per heavy atom. The number of rotatable bonds is 4. The van der Waals surface area contributed by atoms with Crippen LogP contribution in [-0.2, 0) is 6.42 Å². The van der Waals surface area contributed by atoms with Crippen molar-refractivity contribution in [2.24, 2.45) is 0 Å². The number of halogens is 1. The average molecular weight is 281 g/mol. The van der Waals surface area contributed by atoms with Gasteiger partial charge in [0.15, 0.2) is 0 Å². The number of aromatic nitrogens is 2. The summed E-state index contributed by atoms with van der Waals surface area (Å²) in [5, 5.41) is 3.97. The van der Waals surface area contributed by atoms with Gasteiger partial charge in [0.1, 0.15) is 23.5 Å². The third-order valence-electron chi connectivity index (χ3n) is 3.44. The zero-order valence-corrected chi connectivity index (χ0v) is 11.8. The number of para-hydroxylation sites is 1. The van der Waals surface area contributed by atoms with Crippen LogP contribution in [0.2, 0.25) is 0 Å². The Kier molecular flexibility index (Phi) is 3.77. The minimum Gasteiger partial charge on any atom is -0.369 e. The van der Waals surface area contributed by atoms with Gasteiger partial charge in [-0.3, -0.25) is 0 Å². The first-order chi connectivity index (χ1) is 10.2. The van der Waals surface area contributed by atoms with Gasteiger partial charge in [0, 0.05) is 11.9 Å². The van der Waals surface area contributed by atoms with E-state index in [4.69, 9.17) is 0 Å². The fraction of sp³-hybridized carbons (Fsp3) is 0.176. The third-order valence-corrected chi connectivity index (χ3v) is 3.44. The van der Waals surface area contributed by atoms with Crippen molar-refractivity contribution in [1.29, 1.82) is 0 Å². The SMILES string of the molecule is Cc1ccc(CCNc2ncnc3c(F)cccc23)cc1. The van der Waals surface area contributed by atoms with Crippen LogP contribution in [0.5, 0.6) is 0 Å². The highest BCUT2D eigenvalue weighted by Gasteiger charge is 2.06. The Morgan fingerprint density at radius 3 is 2.67 bits per heavy atom. The number of hydrogen-bond donors (Lipinski definition) is 1. The van der Waals surface area contributed by atoms with Crippen molar-refractivity contribution in [2.45, 2.75) is 13.3 Å². The predicted molar refractivity (Wildman–Crippen MR) is 82.9 cm³/mol. The summed E-state index contributed by atoms with van der Waals surface area (Å²) in [6.07, 6.45) is 2.28. The Balaban J connectivity index is 1.73. The van der Waals surface area contributed by atoms with E-state index in [2.05, 4.69) is 46.5 Å². The van der Waals surface area contributed by atoms with Gasteiger partial charge < -0.3 is 5.32 Å². The second kappa shape index (κ2) is 5.87. The molecule has 3 aromatic rings. The van der Waals surface area contributed by atoms with Gasteiger partial charge in [-0.15, -0.1) is 0 Å². The smallest absolute Gasteiger partial charge is 0.149 e. The number of nitrogens with one attached hydrogen (secondary N) is 1. The number of benzene rings is 2. The van der Waals surface area contributed by atoms with Crippen molar-refractivity contribution in [3.63, 3.8) is 0 Å². The van der Waals surface area contributed by atoms with Crippen molar-refractivity contribution >= 4 is 16.7 Å². The second-order valence-corrected chi connectivity index (χ2v) is 5.02.